The molecule has 0 spiro atoms. The van der Waals surface area contributed by atoms with Crippen molar-refractivity contribution in [1.29, 1.82) is 0 Å². The van der Waals surface area contributed by atoms with Crippen LogP contribution in [0.25, 0.3) is 5.57 Å². The number of carboxylic acid groups (broad SMARTS) is 1. The monoisotopic (exact) mass is 687 g/mol. The van der Waals surface area contributed by atoms with Gasteiger partial charge in [0.1, 0.15) is 0 Å². The Bertz CT molecular complexity index is 1260. The van der Waals surface area contributed by atoms with Crippen molar-refractivity contribution in [3.8, 4) is 0 Å². The summed E-state index contributed by atoms with van der Waals surface area (Å²) in [5.41, 5.74) is 3.74. The molecule has 13 heteroatoms. The van der Waals surface area contributed by atoms with E-state index in [1.807, 2.05) is 24.3 Å². The molecule has 222 valence electrons. The average Bonchev–Trinajstić information content (AvgIpc) is 2.91. The van der Waals surface area contributed by atoms with Gasteiger partial charge in [-0.25, -0.2) is 4.79 Å². The SMILES string of the molecule is CN(C)CCNCC1CCN(c2ccc(NC=C3C(=O)NC(=O)c4ccc(I)cc43)cc2)CC1.O=C(O)C(F)(F)F. The number of halogens is 4. The maximum atomic E-state index is 12.4. The van der Waals surface area contributed by atoms with E-state index in [4.69, 9.17) is 9.90 Å². The second-order valence-electron chi connectivity index (χ2n) is 9.96. The van der Waals surface area contributed by atoms with Crippen LogP contribution in [0.1, 0.15) is 28.8 Å². The van der Waals surface area contributed by atoms with Crippen LogP contribution >= 0.6 is 22.6 Å². The zero-order valence-corrected chi connectivity index (χ0v) is 24.9. The Hall–Kier alpha value is -3.17. The molecule has 0 unspecified atom stereocenters. The molecule has 0 aliphatic carbocycles. The largest absolute Gasteiger partial charge is 0.490 e. The number of nitrogens with zero attached hydrogens (tertiary/aromatic N) is 2. The first-order valence-corrected chi connectivity index (χ1v) is 14.1. The molecule has 2 aromatic carbocycles. The zero-order chi connectivity index (χ0) is 30.2. The highest BCUT2D eigenvalue weighted by Crippen LogP contribution is 2.27. The number of piperidine rings is 1. The highest BCUT2D eigenvalue weighted by molar-refractivity contribution is 14.1. The minimum atomic E-state index is -5.08. The summed E-state index contributed by atoms with van der Waals surface area (Å²) in [6, 6.07) is 13.8. The lowest BCUT2D eigenvalue weighted by Crippen LogP contribution is -2.38. The molecule has 4 N–H and O–H groups in total. The van der Waals surface area contributed by atoms with E-state index < -0.39 is 12.1 Å². The molecular weight excluding hydrogens is 654 g/mol. The second kappa shape index (κ2) is 14.6. The van der Waals surface area contributed by atoms with Gasteiger partial charge in [0.25, 0.3) is 11.8 Å². The van der Waals surface area contributed by atoms with E-state index in [1.165, 1.54) is 18.5 Å². The minimum absolute atomic E-state index is 0.356. The summed E-state index contributed by atoms with van der Waals surface area (Å²) in [6.07, 6.45) is -0.999. The Kier molecular flexibility index (Phi) is 11.5. The molecule has 1 saturated heterocycles. The van der Waals surface area contributed by atoms with Crippen molar-refractivity contribution in [3.63, 3.8) is 0 Å². The van der Waals surface area contributed by atoms with Crippen molar-refractivity contribution in [3.05, 3.63) is 63.4 Å². The number of rotatable bonds is 8. The van der Waals surface area contributed by atoms with Crippen LogP contribution in [0.3, 0.4) is 0 Å². The second-order valence-corrected chi connectivity index (χ2v) is 11.2. The fraction of sp³-hybridized carbons (Fsp3) is 0.393. The van der Waals surface area contributed by atoms with Crippen molar-refractivity contribution >= 4 is 57.3 Å². The van der Waals surface area contributed by atoms with Gasteiger partial charge in [-0.1, -0.05) is 0 Å². The van der Waals surface area contributed by atoms with Crippen LogP contribution in [0.4, 0.5) is 24.5 Å². The molecular formula is C28H33F3IN5O4. The number of carbonyl (C=O) groups is 3. The van der Waals surface area contributed by atoms with Gasteiger partial charge in [0.2, 0.25) is 0 Å². The molecule has 1 fully saturated rings. The molecule has 0 radical (unpaired) electrons. The van der Waals surface area contributed by atoms with E-state index in [9.17, 15) is 22.8 Å². The van der Waals surface area contributed by atoms with Gasteiger partial charge in [-0.15, -0.1) is 0 Å². The standard InChI is InChI=1S/C26H32IN5O2.C2HF3O2/c1-31(2)14-11-28-16-18-9-12-32(13-10-18)21-6-4-20(5-7-21)29-17-24-23-15-19(27)3-8-22(23)25(33)30-26(24)34;3-2(4,5)1(6)7/h3-8,15,17-18,28-29H,9-14,16H2,1-2H3,(H,30,33,34);(H,6,7). The van der Waals surface area contributed by atoms with Crippen LogP contribution < -0.4 is 20.9 Å². The molecule has 41 heavy (non-hydrogen) atoms. The highest BCUT2D eigenvalue weighted by atomic mass is 127. The quantitative estimate of drug-likeness (QED) is 0.143. The number of imide groups is 1. The molecule has 0 atom stereocenters. The van der Waals surface area contributed by atoms with Crippen molar-refractivity contribution in [2.45, 2.75) is 19.0 Å². The first-order chi connectivity index (χ1) is 19.3. The van der Waals surface area contributed by atoms with Gasteiger partial charge in [-0.3, -0.25) is 14.9 Å². The number of alkyl halides is 3. The number of fused-ring (bicyclic) bond motifs is 1. The maximum Gasteiger partial charge on any atom is 0.490 e. The third-order valence-electron chi connectivity index (χ3n) is 6.63. The molecule has 2 aliphatic heterocycles. The average molecular weight is 688 g/mol. The van der Waals surface area contributed by atoms with E-state index in [0.29, 0.717) is 16.7 Å². The van der Waals surface area contributed by atoms with Crippen molar-refractivity contribution < 1.29 is 32.7 Å². The number of carboxylic acids is 1. The van der Waals surface area contributed by atoms with E-state index in [0.717, 1.165) is 47.9 Å². The van der Waals surface area contributed by atoms with E-state index in [-0.39, 0.29) is 11.8 Å². The molecule has 0 bridgehead atoms. The molecule has 2 aliphatic rings. The number of likely N-dealkylation sites (N-methyl/N-ethyl adjacent to an activating group) is 1. The van der Waals surface area contributed by atoms with E-state index in [1.54, 1.807) is 12.3 Å². The fourth-order valence-corrected chi connectivity index (χ4v) is 4.86. The maximum absolute atomic E-state index is 12.4. The number of amides is 2. The summed E-state index contributed by atoms with van der Waals surface area (Å²) in [5.74, 6) is -2.76. The van der Waals surface area contributed by atoms with Gasteiger partial charge in [0, 0.05) is 58.5 Å². The number of hydrogen-bond donors (Lipinski definition) is 4. The Labute approximate surface area is 250 Å². The third kappa shape index (κ3) is 9.71. The van der Waals surface area contributed by atoms with Crippen LogP contribution in [0.2, 0.25) is 0 Å². The van der Waals surface area contributed by atoms with Gasteiger partial charge in [0.05, 0.1) is 5.57 Å². The van der Waals surface area contributed by atoms with Crippen molar-refractivity contribution in [2.24, 2.45) is 5.92 Å². The Morgan fingerprint density at radius 3 is 2.32 bits per heavy atom. The van der Waals surface area contributed by atoms with Gasteiger partial charge >= 0.3 is 12.1 Å². The fourth-order valence-electron chi connectivity index (χ4n) is 4.37. The molecule has 4 rings (SSSR count). The normalized spacial score (nSPS) is 16.7. The van der Waals surface area contributed by atoms with Crippen molar-refractivity contribution in [2.75, 3.05) is 57.0 Å². The number of anilines is 2. The molecule has 9 nitrogen and oxygen atoms in total. The lowest BCUT2D eigenvalue weighted by molar-refractivity contribution is -0.192. The highest BCUT2D eigenvalue weighted by Gasteiger charge is 2.38. The summed E-state index contributed by atoms with van der Waals surface area (Å²) in [7, 11) is 4.21. The predicted octanol–water partition coefficient (Wildman–Crippen LogP) is 4.02. The van der Waals surface area contributed by atoms with Gasteiger partial charge < -0.3 is 25.5 Å². The molecule has 2 amide bonds. The molecule has 0 aromatic heterocycles. The van der Waals surface area contributed by atoms with Gasteiger partial charge in [-0.2, -0.15) is 13.2 Å². The first kappa shape index (κ1) is 32.3. The van der Waals surface area contributed by atoms with Gasteiger partial charge in [-0.05, 0) is 104 Å². The topological polar surface area (TPSA) is 114 Å². The first-order valence-electron chi connectivity index (χ1n) is 13.0. The minimum Gasteiger partial charge on any atom is -0.475 e. The number of carbonyl (C=O) groups excluding carboxylic acids is 2. The van der Waals surface area contributed by atoms with Crippen LogP contribution in [-0.2, 0) is 9.59 Å². The third-order valence-corrected chi connectivity index (χ3v) is 7.30. The number of nitrogens with one attached hydrogen (secondary N) is 3. The number of benzene rings is 2. The smallest absolute Gasteiger partial charge is 0.475 e. The lowest BCUT2D eigenvalue weighted by atomic mass is 9.95. The number of hydrogen-bond acceptors (Lipinski definition) is 7. The van der Waals surface area contributed by atoms with Crippen LogP contribution in [0.5, 0.6) is 0 Å². The predicted molar refractivity (Wildman–Crippen MR) is 160 cm³/mol. The molecule has 2 heterocycles. The lowest BCUT2D eigenvalue weighted by Gasteiger charge is -2.34. The Balaban J connectivity index is 0.000000587. The summed E-state index contributed by atoms with van der Waals surface area (Å²) in [5, 5.41) is 16.4. The summed E-state index contributed by atoms with van der Waals surface area (Å²) < 4.78 is 32.7. The van der Waals surface area contributed by atoms with Crippen molar-refractivity contribution in [1.82, 2.24) is 15.5 Å². The van der Waals surface area contributed by atoms with Crippen LogP contribution in [0.15, 0.2) is 48.7 Å². The molecule has 0 saturated carbocycles. The Morgan fingerprint density at radius 2 is 1.73 bits per heavy atom. The number of aliphatic carboxylic acids is 1. The Morgan fingerprint density at radius 1 is 1.10 bits per heavy atom. The summed E-state index contributed by atoms with van der Waals surface area (Å²) in [4.78, 5) is 38.1. The van der Waals surface area contributed by atoms with Gasteiger partial charge in [0.15, 0.2) is 0 Å². The zero-order valence-electron chi connectivity index (χ0n) is 22.7. The van der Waals surface area contributed by atoms with E-state index >= 15 is 0 Å². The van der Waals surface area contributed by atoms with E-state index in [2.05, 4.69) is 74.6 Å². The summed E-state index contributed by atoms with van der Waals surface area (Å²) >= 11 is 2.19. The van der Waals surface area contributed by atoms with Crippen LogP contribution in [0, 0.1) is 9.49 Å². The molecule has 2 aromatic rings. The summed E-state index contributed by atoms with van der Waals surface area (Å²) in [6.45, 7) is 5.35. The van der Waals surface area contributed by atoms with Crippen LogP contribution in [-0.4, -0.2) is 80.8 Å².